The Labute approximate surface area is 101 Å². The Morgan fingerprint density at radius 3 is 2.06 bits per heavy atom. The summed E-state index contributed by atoms with van der Waals surface area (Å²) in [7, 11) is 2.90. The van der Waals surface area contributed by atoms with E-state index in [9.17, 15) is 9.59 Å². The highest BCUT2D eigenvalue weighted by molar-refractivity contribution is 5.67. The zero-order chi connectivity index (χ0) is 13.3. The molecule has 0 aliphatic carbocycles. The zero-order valence-electron chi connectivity index (χ0n) is 10.6. The third-order valence-corrected chi connectivity index (χ3v) is 1.74. The first-order chi connectivity index (χ1) is 7.99. The monoisotopic (exact) mass is 248 g/mol. The van der Waals surface area contributed by atoms with Gasteiger partial charge in [-0.05, 0) is 13.8 Å². The molecule has 1 unspecified atom stereocenters. The molecule has 0 aliphatic heterocycles. The van der Waals surface area contributed by atoms with Gasteiger partial charge in [0.15, 0.2) is 0 Å². The largest absolute Gasteiger partial charge is 0.447 e. The number of methoxy groups -OCH3 is 1. The highest BCUT2D eigenvalue weighted by Crippen LogP contribution is 1.95. The summed E-state index contributed by atoms with van der Waals surface area (Å²) in [5.41, 5.74) is 0. The highest BCUT2D eigenvalue weighted by atomic mass is 16.6. The summed E-state index contributed by atoms with van der Waals surface area (Å²) in [6, 6.07) is 0.00520. The number of nitrogens with one attached hydrogen (secondary N) is 2. The fraction of sp³-hybridized carbons (Fsp3) is 0.800. The van der Waals surface area contributed by atoms with Crippen molar-refractivity contribution in [1.29, 1.82) is 0 Å². The average Bonchev–Trinajstić information content (AvgIpc) is 2.27. The summed E-state index contributed by atoms with van der Waals surface area (Å²) in [5, 5.41) is 4.86. The van der Waals surface area contributed by atoms with Crippen LogP contribution in [0.25, 0.3) is 0 Å². The summed E-state index contributed by atoms with van der Waals surface area (Å²) in [6.45, 7) is 3.69. The number of hydrogen-bond acceptors (Lipinski definition) is 5. The summed E-state index contributed by atoms with van der Waals surface area (Å²) < 4.78 is 14.6. The van der Waals surface area contributed by atoms with Crippen molar-refractivity contribution in [2.24, 2.45) is 0 Å². The minimum absolute atomic E-state index is 0.00520. The van der Waals surface area contributed by atoms with Gasteiger partial charge in [-0.15, -0.1) is 0 Å². The van der Waals surface area contributed by atoms with Crippen LogP contribution in [0.2, 0.25) is 0 Å². The third kappa shape index (κ3) is 8.32. The van der Waals surface area contributed by atoms with E-state index in [4.69, 9.17) is 14.2 Å². The number of rotatable bonds is 6. The first-order valence-electron chi connectivity index (χ1n) is 5.30. The van der Waals surface area contributed by atoms with Crippen molar-refractivity contribution < 1.29 is 23.8 Å². The van der Waals surface area contributed by atoms with E-state index in [1.54, 1.807) is 0 Å². The van der Waals surface area contributed by atoms with Crippen LogP contribution in [0.1, 0.15) is 13.8 Å². The quantitative estimate of drug-likeness (QED) is 0.714. The molecule has 2 amide bonds. The van der Waals surface area contributed by atoms with E-state index in [2.05, 4.69) is 10.6 Å². The minimum atomic E-state index is -0.557. The van der Waals surface area contributed by atoms with Crippen LogP contribution >= 0.6 is 0 Å². The minimum Gasteiger partial charge on any atom is -0.447 e. The molecule has 0 saturated heterocycles. The normalized spacial score (nSPS) is 11.8. The van der Waals surface area contributed by atoms with Gasteiger partial charge in [0.2, 0.25) is 0 Å². The predicted molar refractivity (Wildman–Crippen MR) is 60.8 cm³/mol. The van der Waals surface area contributed by atoms with Crippen LogP contribution in [0.5, 0.6) is 0 Å². The molecule has 100 valence electrons. The van der Waals surface area contributed by atoms with Gasteiger partial charge in [0.25, 0.3) is 0 Å². The van der Waals surface area contributed by atoms with Gasteiger partial charge in [0.05, 0.1) is 0 Å². The maximum atomic E-state index is 11.2. The summed E-state index contributed by atoms with van der Waals surface area (Å²) in [5.74, 6) is 0. The predicted octanol–water partition coefficient (Wildman–Crippen LogP) is 0.492. The van der Waals surface area contributed by atoms with E-state index in [0.717, 1.165) is 0 Å². The van der Waals surface area contributed by atoms with E-state index < -0.39 is 18.3 Å². The van der Waals surface area contributed by atoms with E-state index in [1.807, 2.05) is 13.8 Å². The molecule has 0 heterocycles. The Morgan fingerprint density at radius 1 is 1.12 bits per heavy atom. The molecule has 2 N–H and O–H groups in total. The fourth-order valence-electron chi connectivity index (χ4n) is 0.871. The molecule has 0 saturated carbocycles. The smallest absolute Gasteiger partial charge is 0.407 e. The standard InChI is InChI=1S/C10H20N2O5/c1-7(2)12-10(14)17-6-8(15-4)5-16-9(13)11-3/h7-8H,5-6H2,1-4H3,(H,11,13)(H,12,14). The number of carbonyl (C=O) groups excluding carboxylic acids is 2. The molecule has 1 atom stereocenters. The summed E-state index contributed by atoms with van der Waals surface area (Å²) >= 11 is 0. The molecule has 0 rings (SSSR count). The van der Waals surface area contributed by atoms with Crippen molar-refractivity contribution in [3.05, 3.63) is 0 Å². The van der Waals surface area contributed by atoms with E-state index in [0.29, 0.717) is 0 Å². The van der Waals surface area contributed by atoms with Crippen LogP contribution < -0.4 is 10.6 Å². The lowest BCUT2D eigenvalue weighted by molar-refractivity contribution is -0.00446. The van der Waals surface area contributed by atoms with Crippen LogP contribution in [0.4, 0.5) is 9.59 Å². The highest BCUT2D eigenvalue weighted by Gasteiger charge is 2.13. The van der Waals surface area contributed by atoms with Crippen LogP contribution in [0.15, 0.2) is 0 Å². The maximum Gasteiger partial charge on any atom is 0.407 e. The van der Waals surface area contributed by atoms with Gasteiger partial charge in [0.1, 0.15) is 19.3 Å². The average molecular weight is 248 g/mol. The van der Waals surface area contributed by atoms with Gasteiger partial charge in [-0.3, -0.25) is 0 Å². The number of ether oxygens (including phenoxy) is 3. The lowest BCUT2D eigenvalue weighted by atomic mass is 10.4. The van der Waals surface area contributed by atoms with Crippen LogP contribution in [-0.4, -0.2) is 51.7 Å². The molecule has 17 heavy (non-hydrogen) atoms. The Morgan fingerprint density at radius 2 is 1.65 bits per heavy atom. The topological polar surface area (TPSA) is 85.9 Å². The molecular formula is C10H20N2O5. The number of carbonyl (C=O) groups is 2. The molecule has 0 aliphatic rings. The summed E-state index contributed by atoms with van der Waals surface area (Å²) in [4.78, 5) is 22.0. The van der Waals surface area contributed by atoms with Gasteiger partial charge in [-0.2, -0.15) is 0 Å². The molecule has 0 fully saturated rings. The second-order valence-electron chi connectivity index (χ2n) is 3.60. The molecular weight excluding hydrogens is 228 g/mol. The molecule has 0 aromatic rings. The second-order valence-corrected chi connectivity index (χ2v) is 3.60. The first kappa shape index (κ1) is 15.5. The molecule has 0 bridgehead atoms. The van der Waals surface area contributed by atoms with Crippen molar-refractivity contribution in [2.75, 3.05) is 27.4 Å². The van der Waals surface area contributed by atoms with Crippen molar-refractivity contribution in [3.8, 4) is 0 Å². The Hall–Kier alpha value is -1.50. The molecule has 7 heteroatoms. The van der Waals surface area contributed by atoms with Gasteiger partial charge < -0.3 is 24.8 Å². The van der Waals surface area contributed by atoms with Crippen molar-refractivity contribution in [2.45, 2.75) is 26.0 Å². The van der Waals surface area contributed by atoms with E-state index in [-0.39, 0.29) is 19.3 Å². The third-order valence-electron chi connectivity index (χ3n) is 1.74. The lowest BCUT2D eigenvalue weighted by Crippen LogP contribution is -2.35. The number of alkyl carbamates (subject to hydrolysis) is 2. The van der Waals surface area contributed by atoms with Gasteiger partial charge in [-0.25, -0.2) is 9.59 Å². The SMILES string of the molecule is CNC(=O)OCC(COC(=O)NC(C)C)OC. The van der Waals surface area contributed by atoms with Gasteiger partial charge in [-0.1, -0.05) is 0 Å². The summed E-state index contributed by atoms with van der Waals surface area (Å²) in [6.07, 6.45) is -1.56. The second kappa shape index (κ2) is 8.63. The lowest BCUT2D eigenvalue weighted by Gasteiger charge is -2.16. The van der Waals surface area contributed by atoms with Crippen LogP contribution in [0, 0.1) is 0 Å². The molecule has 0 aromatic carbocycles. The molecule has 0 spiro atoms. The maximum absolute atomic E-state index is 11.2. The van der Waals surface area contributed by atoms with E-state index in [1.165, 1.54) is 14.2 Å². The number of amides is 2. The Kier molecular flexibility index (Phi) is 7.87. The van der Waals surface area contributed by atoms with Crippen molar-refractivity contribution >= 4 is 12.2 Å². The van der Waals surface area contributed by atoms with Crippen molar-refractivity contribution in [1.82, 2.24) is 10.6 Å². The van der Waals surface area contributed by atoms with E-state index >= 15 is 0 Å². The number of hydrogen-bond donors (Lipinski definition) is 2. The first-order valence-corrected chi connectivity index (χ1v) is 5.30. The molecule has 7 nitrogen and oxygen atoms in total. The zero-order valence-corrected chi connectivity index (χ0v) is 10.6. The molecule has 0 aromatic heterocycles. The fourth-order valence-corrected chi connectivity index (χ4v) is 0.871. The van der Waals surface area contributed by atoms with Gasteiger partial charge >= 0.3 is 12.2 Å². The Bertz CT molecular complexity index is 245. The van der Waals surface area contributed by atoms with Crippen molar-refractivity contribution in [3.63, 3.8) is 0 Å². The van der Waals surface area contributed by atoms with Gasteiger partial charge in [0, 0.05) is 20.2 Å². The van der Waals surface area contributed by atoms with Crippen LogP contribution in [0.3, 0.4) is 0 Å². The van der Waals surface area contributed by atoms with Crippen LogP contribution in [-0.2, 0) is 14.2 Å². The molecule has 0 radical (unpaired) electrons. The Balaban J connectivity index is 3.81.